The highest BCUT2D eigenvalue weighted by atomic mass is 32.2. The number of sulfonamides is 1. The van der Waals surface area contributed by atoms with Gasteiger partial charge in [0.15, 0.2) is 0 Å². The van der Waals surface area contributed by atoms with Crippen LogP contribution in [-0.2, 0) is 14.8 Å². The van der Waals surface area contributed by atoms with E-state index in [2.05, 4.69) is 4.72 Å². The third kappa shape index (κ3) is 3.14. The van der Waals surface area contributed by atoms with Crippen molar-refractivity contribution in [2.75, 3.05) is 0 Å². The minimum Gasteiger partial charge on any atom is -0.478 e. The fraction of sp³-hybridized carbons (Fsp3) is 0.467. The van der Waals surface area contributed by atoms with Gasteiger partial charge in [-0.3, -0.25) is 4.79 Å². The van der Waals surface area contributed by atoms with Gasteiger partial charge in [0.2, 0.25) is 5.91 Å². The Morgan fingerprint density at radius 1 is 1.05 bits per heavy atom. The van der Waals surface area contributed by atoms with E-state index in [-0.39, 0.29) is 16.4 Å². The van der Waals surface area contributed by atoms with Crippen LogP contribution in [0, 0.1) is 17.8 Å². The zero-order valence-corrected chi connectivity index (χ0v) is 12.7. The molecule has 1 aromatic carbocycles. The van der Waals surface area contributed by atoms with Crippen molar-refractivity contribution >= 4 is 21.9 Å². The number of carbonyl (C=O) groups is 2. The van der Waals surface area contributed by atoms with Crippen molar-refractivity contribution in [1.82, 2.24) is 4.72 Å². The van der Waals surface area contributed by atoms with Crippen LogP contribution in [0.15, 0.2) is 29.2 Å². The summed E-state index contributed by atoms with van der Waals surface area (Å²) in [5, 5.41) is 8.81. The maximum atomic E-state index is 12.3. The molecule has 7 heteroatoms. The highest BCUT2D eigenvalue weighted by Gasteiger charge is 2.46. The second kappa shape index (κ2) is 5.39. The van der Waals surface area contributed by atoms with Crippen molar-refractivity contribution < 1.29 is 23.1 Å². The van der Waals surface area contributed by atoms with Crippen LogP contribution < -0.4 is 4.72 Å². The lowest BCUT2D eigenvalue weighted by Crippen LogP contribution is -2.37. The molecule has 0 bridgehead atoms. The van der Waals surface area contributed by atoms with E-state index in [4.69, 9.17) is 5.11 Å². The van der Waals surface area contributed by atoms with E-state index in [1.165, 1.54) is 24.3 Å². The summed E-state index contributed by atoms with van der Waals surface area (Å²) in [5.41, 5.74) is -0.000820. The van der Waals surface area contributed by atoms with Crippen LogP contribution >= 0.6 is 0 Å². The summed E-state index contributed by atoms with van der Waals surface area (Å²) in [5.74, 6) is -1.12. The van der Waals surface area contributed by atoms with Gasteiger partial charge in [-0.25, -0.2) is 17.9 Å². The number of aromatic carboxylic acids is 1. The lowest BCUT2D eigenvalue weighted by atomic mass is 9.97. The normalized spacial score (nSPS) is 18.2. The first-order chi connectivity index (χ1) is 10.4. The molecule has 1 amide bonds. The molecule has 118 valence electrons. The van der Waals surface area contributed by atoms with Gasteiger partial charge in [0.05, 0.1) is 10.5 Å². The van der Waals surface area contributed by atoms with Crippen LogP contribution in [0.4, 0.5) is 0 Å². The number of amides is 1. The van der Waals surface area contributed by atoms with Gasteiger partial charge in [0, 0.05) is 5.92 Å². The number of nitrogens with one attached hydrogen (secondary N) is 1. The van der Waals surface area contributed by atoms with E-state index in [1.807, 2.05) is 0 Å². The molecule has 6 nitrogen and oxygen atoms in total. The summed E-state index contributed by atoms with van der Waals surface area (Å²) >= 11 is 0. The molecule has 0 spiro atoms. The Bertz CT molecular complexity index is 690. The first-order valence-corrected chi connectivity index (χ1v) is 8.77. The molecular weight excluding hydrogens is 306 g/mol. The van der Waals surface area contributed by atoms with Gasteiger partial charge in [-0.2, -0.15) is 0 Å². The second-order valence-electron chi connectivity index (χ2n) is 6.00. The molecule has 0 aromatic heterocycles. The minimum absolute atomic E-state index is 0.000820. The Hall–Kier alpha value is -1.89. The van der Waals surface area contributed by atoms with Gasteiger partial charge >= 0.3 is 5.97 Å². The highest BCUT2D eigenvalue weighted by molar-refractivity contribution is 7.90. The van der Waals surface area contributed by atoms with Crippen LogP contribution in [0.25, 0.3) is 0 Å². The smallest absolute Gasteiger partial charge is 0.335 e. The molecule has 2 saturated carbocycles. The SMILES string of the molecule is O=C(O)c1ccc(S(=O)(=O)NC(=O)C(C2CC2)C2CC2)cc1. The van der Waals surface area contributed by atoms with Gasteiger partial charge in [-0.1, -0.05) is 0 Å². The Morgan fingerprint density at radius 3 is 1.95 bits per heavy atom. The molecule has 0 radical (unpaired) electrons. The Labute approximate surface area is 128 Å². The van der Waals surface area contributed by atoms with Crippen molar-refractivity contribution in [3.8, 4) is 0 Å². The summed E-state index contributed by atoms with van der Waals surface area (Å²) in [6.07, 6.45) is 3.95. The summed E-state index contributed by atoms with van der Waals surface area (Å²) in [4.78, 5) is 23.0. The third-order valence-corrected chi connectivity index (χ3v) is 5.57. The van der Waals surface area contributed by atoms with Gasteiger partial charge in [-0.05, 0) is 61.8 Å². The average molecular weight is 323 g/mol. The van der Waals surface area contributed by atoms with Crippen LogP contribution in [0.1, 0.15) is 36.0 Å². The second-order valence-corrected chi connectivity index (χ2v) is 7.68. The number of benzene rings is 1. The lowest BCUT2D eigenvalue weighted by molar-refractivity contribution is -0.124. The summed E-state index contributed by atoms with van der Waals surface area (Å²) in [6, 6.07) is 4.81. The predicted octanol–water partition coefficient (Wildman–Crippen LogP) is 1.63. The molecule has 0 saturated heterocycles. The van der Waals surface area contributed by atoms with Crippen LogP contribution in [0.2, 0.25) is 0 Å². The molecular formula is C15H17NO5S. The molecule has 2 N–H and O–H groups in total. The first-order valence-electron chi connectivity index (χ1n) is 7.28. The van der Waals surface area contributed by atoms with E-state index in [9.17, 15) is 18.0 Å². The Balaban J connectivity index is 1.74. The summed E-state index contributed by atoms with van der Waals surface area (Å²) < 4.78 is 26.6. The molecule has 2 aliphatic carbocycles. The number of carboxylic acids is 1. The molecule has 0 atom stereocenters. The molecule has 0 aliphatic heterocycles. The topological polar surface area (TPSA) is 101 Å². The van der Waals surface area contributed by atoms with E-state index >= 15 is 0 Å². The number of carboxylic acid groups (broad SMARTS) is 1. The fourth-order valence-electron chi connectivity index (χ4n) is 2.76. The maximum absolute atomic E-state index is 12.3. The fourth-order valence-corrected chi connectivity index (χ4v) is 3.77. The molecule has 0 heterocycles. The van der Waals surface area contributed by atoms with Crippen molar-refractivity contribution in [2.45, 2.75) is 30.6 Å². The van der Waals surface area contributed by atoms with E-state index < -0.39 is 21.9 Å². The lowest BCUT2D eigenvalue weighted by Gasteiger charge is -2.15. The number of hydrogen-bond donors (Lipinski definition) is 2. The number of carbonyl (C=O) groups excluding carboxylic acids is 1. The first kappa shape index (κ1) is 15.0. The van der Waals surface area contributed by atoms with Gasteiger partial charge in [0.1, 0.15) is 0 Å². The van der Waals surface area contributed by atoms with Gasteiger partial charge in [0.25, 0.3) is 10.0 Å². The molecule has 3 rings (SSSR count). The Kier molecular flexibility index (Phi) is 3.68. The van der Waals surface area contributed by atoms with Crippen molar-refractivity contribution in [2.24, 2.45) is 17.8 Å². The molecule has 2 fully saturated rings. The predicted molar refractivity (Wildman–Crippen MR) is 77.7 cm³/mol. The summed E-state index contributed by atoms with van der Waals surface area (Å²) in [7, 11) is -3.95. The zero-order chi connectivity index (χ0) is 15.9. The Morgan fingerprint density at radius 2 is 1.55 bits per heavy atom. The van der Waals surface area contributed by atoms with Crippen molar-refractivity contribution in [3.63, 3.8) is 0 Å². The van der Waals surface area contributed by atoms with Crippen LogP contribution in [0.3, 0.4) is 0 Å². The van der Waals surface area contributed by atoms with Crippen molar-refractivity contribution in [3.05, 3.63) is 29.8 Å². The van der Waals surface area contributed by atoms with E-state index in [1.54, 1.807) is 0 Å². The average Bonchev–Trinajstić information content (AvgIpc) is 3.33. The zero-order valence-electron chi connectivity index (χ0n) is 11.9. The monoisotopic (exact) mass is 323 g/mol. The third-order valence-electron chi connectivity index (χ3n) is 4.21. The standard InChI is InChI=1S/C15H17NO5S/c17-14(13(9-1-2-9)10-3-4-10)16-22(20,21)12-7-5-11(6-8-12)15(18)19/h5-10,13H,1-4H2,(H,16,17)(H,18,19). The van der Waals surface area contributed by atoms with Crippen molar-refractivity contribution in [1.29, 1.82) is 0 Å². The molecule has 0 unspecified atom stereocenters. The maximum Gasteiger partial charge on any atom is 0.335 e. The summed E-state index contributed by atoms with van der Waals surface area (Å²) in [6.45, 7) is 0. The van der Waals surface area contributed by atoms with Crippen LogP contribution in [0.5, 0.6) is 0 Å². The quantitative estimate of drug-likeness (QED) is 0.828. The minimum atomic E-state index is -3.95. The number of rotatable bonds is 6. The number of hydrogen-bond acceptors (Lipinski definition) is 4. The molecule has 22 heavy (non-hydrogen) atoms. The van der Waals surface area contributed by atoms with E-state index in [0.717, 1.165) is 25.7 Å². The highest BCUT2D eigenvalue weighted by Crippen LogP contribution is 2.49. The largest absolute Gasteiger partial charge is 0.478 e. The van der Waals surface area contributed by atoms with Gasteiger partial charge < -0.3 is 5.11 Å². The molecule has 1 aromatic rings. The van der Waals surface area contributed by atoms with Gasteiger partial charge in [-0.15, -0.1) is 0 Å². The van der Waals surface area contributed by atoms with Crippen LogP contribution in [-0.4, -0.2) is 25.4 Å². The molecule has 2 aliphatic rings. The van der Waals surface area contributed by atoms with E-state index in [0.29, 0.717) is 11.8 Å².